The Bertz CT molecular complexity index is 351. The van der Waals surface area contributed by atoms with Crippen LogP contribution < -0.4 is 5.73 Å². The van der Waals surface area contributed by atoms with Gasteiger partial charge < -0.3 is 10.9 Å². The molecule has 7 nitrogen and oxygen atoms in total. The fourth-order valence-corrected chi connectivity index (χ4v) is 2.50. The first-order valence-electron chi connectivity index (χ1n) is 5.35. The predicted octanol–water partition coefficient (Wildman–Crippen LogP) is -0.113. The number of nitrogens with zero attached hydrogens (tertiary/aromatic N) is 3. The molecule has 0 aliphatic heterocycles. The van der Waals surface area contributed by atoms with Crippen LogP contribution in [0, 0.1) is 5.92 Å². The van der Waals surface area contributed by atoms with Gasteiger partial charge in [-0.05, 0) is 5.92 Å². The molecular weight excluding hydrogens is 244 g/mol. The molecule has 0 aromatic carbocycles. The number of hydrogen-bond donors (Lipinski definition) is 2. The molecule has 0 radical (unpaired) electrons. The summed E-state index contributed by atoms with van der Waals surface area (Å²) in [5.41, 5.74) is 5.34. The molecular formula is C9H22N4O3S. The summed E-state index contributed by atoms with van der Waals surface area (Å²) >= 11 is 0. The third-order valence-corrected chi connectivity index (χ3v) is 4.01. The maximum absolute atomic E-state index is 12.0. The van der Waals surface area contributed by atoms with E-state index in [2.05, 4.69) is 5.16 Å². The summed E-state index contributed by atoms with van der Waals surface area (Å²) in [6.07, 6.45) is 0.205. The fraction of sp³-hybridized carbons (Fsp3) is 0.889. The van der Waals surface area contributed by atoms with Gasteiger partial charge in [-0.3, -0.25) is 0 Å². The van der Waals surface area contributed by atoms with Gasteiger partial charge in [-0.15, -0.1) is 0 Å². The molecule has 0 fully saturated rings. The van der Waals surface area contributed by atoms with Crippen LogP contribution >= 0.6 is 0 Å². The summed E-state index contributed by atoms with van der Waals surface area (Å²) in [4.78, 5) is 0. The van der Waals surface area contributed by atoms with Gasteiger partial charge in [0.15, 0.2) is 0 Å². The molecule has 0 saturated carbocycles. The third-order valence-electron chi connectivity index (χ3n) is 2.10. The summed E-state index contributed by atoms with van der Waals surface area (Å²) in [7, 11) is -0.507. The van der Waals surface area contributed by atoms with Crippen molar-refractivity contribution in [2.45, 2.75) is 20.3 Å². The van der Waals surface area contributed by atoms with Gasteiger partial charge in [-0.25, -0.2) is 0 Å². The van der Waals surface area contributed by atoms with Crippen molar-refractivity contribution in [3.63, 3.8) is 0 Å². The number of hydrogen-bond acceptors (Lipinski definition) is 4. The van der Waals surface area contributed by atoms with Crippen LogP contribution in [0.15, 0.2) is 5.16 Å². The molecule has 0 bridgehead atoms. The SMILES string of the molecule is CC(C)CN(CCC(N)=NO)S(=O)(=O)N(C)C. The van der Waals surface area contributed by atoms with E-state index in [0.29, 0.717) is 6.54 Å². The Labute approximate surface area is 103 Å². The highest BCUT2D eigenvalue weighted by atomic mass is 32.2. The molecule has 0 rings (SSSR count). The zero-order chi connectivity index (χ0) is 13.6. The van der Waals surface area contributed by atoms with Crippen molar-refractivity contribution in [3.05, 3.63) is 0 Å². The molecule has 0 amide bonds. The van der Waals surface area contributed by atoms with Crippen molar-refractivity contribution >= 4 is 16.0 Å². The van der Waals surface area contributed by atoms with Crippen molar-refractivity contribution in [1.82, 2.24) is 8.61 Å². The minimum absolute atomic E-state index is 0.0210. The van der Waals surface area contributed by atoms with E-state index in [1.165, 1.54) is 18.4 Å². The van der Waals surface area contributed by atoms with Crippen molar-refractivity contribution < 1.29 is 13.6 Å². The Kier molecular flexibility index (Phi) is 6.43. The number of nitrogens with two attached hydrogens (primary N) is 1. The maximum atomic E-state index is 12.0. The lowest BCUT2D eigenvalue weighted by atomic mass is 10.2. The molecule has 3 N–H and O–H groups in total. The Morgan fingerprint density at radius 1 is 1.41 bits per heavy atom. The Hall–Kier alpha value is -0.860. The largest absolute Gasteiger partial charge is 0.409 e. The van der Waals surface area contributed by atoms with E-state index in [1.54, 1.807) is 0 Å². The average molecular weight is 266 g/mol. The van der Waals surface area contributed by atoms with Crippen LogP contribution in [0.2, 0.25) is 0 Å². The highest BCUT2D eigenvalue weighted by molar-refractivity contribution is 7.86. The van der Waals surface area contributed by atoms with Gasteiger partial charge in [-0.2, -0.15) is 17.0 Å². The van der Waals surface area contributed by atoms with Crippen molar-refractivity contribution in [2.24, 2.45) is 16.8 Å². The zero-order valence-electron chi connectivity index (χ0n) is 10.8. The summed E-state index contributed by atoms with van der Waals surface area (Å²) < 4.78 is 26.4. The maximum Gasteiger partial charge on any atom is 0.281 e. The molecule has 0 aliphatic rings. The van der Waals surface area contributed by atoms with Crippen LogP contribution in [-0.2, 0) is 10.2 Å². The van der Waals surface area contributed by atoms with Crippen molar-refractivity contribution in [3.8, 4) is 0 Å². The zero-order valence-corrected chi connectivity index (χ0v) is 11.6. The highest BCUT2D eigenvalue weighted by Gasteiger charge is 2.24. The normalized spacial score (nSPS) is 13.9. The van der Waals surface area contributed by atoms with E-state index in [4.69, 9.17) is 10.9 Å². The van der Waals surface area contributed by atoms with Crippen LogP contribution in [0.3, 0.4) is 0 Å². The quantitative estimate of drug-likeness (QED) is 0.290. The summed E-state index contributed by atoms with van der Waals surface area (Å²) in [6.45, 7) is 4.47. The first kappa shape index (κ1) is 16.1. The second kappa shape index (κ2) is 6.77. The molecule has 8 heteroatoms. The van der Waals surface area contributed by atoms with E-state index >= 15 is 0 Å². The van der Waals surface area contributed by atoms with E-state index in [9.17, 15) is 8.42 Å². The van der Waals surface area contributed by atoms with Gasteiger partial charge in [-0.1, -0.05) is 19.0 Å². The molecule has 0 heterocycles. The minimum Gasteiger partial charge on any atom is -0.409 e. The van der Waals surface area contributed by atoms with Crippen LogP contribution in [0.5, 0.6) is 0 Å². The fourth-order valence-electron chi connectivity index (χ4n) is 1.23. The van der Waals surface area contributed by atoms with Gasteiger partial charge in [0.05, 0.1) is 0 Å². The van der Waals surface area contributed by atoms with Crippen molar-refractivity contribution in [2.75, 3.05) is 27.2 Å². The van der Waals surface area contributed by atoms with E-state index in [-0.39, 0.29) is 24.7 Å². The van der Waals surface area contributed by atoms with Crippen LogP contribution in [0.25, 0.3) is 0 Å². The molecule has 0 aromatic heterocycles. The molecule has 0 saturated heterocycles. The Balaban J connectivity index is 4.78. The van der Waals surface area contributed by atoms with Crippen LogP contribution in [0.1, 0.15) is 20.3 Å². The first-order chi connectivity index (χ1) is 7.71. The first-order valence-corrected chi connectivity index (χ1v) is 6.75. The number of rotatable bonds is 7. The van der Waals surface area contributed by atoms with Gasteiger partial charge >= 0.3 is 0 Å². The van der Waals surface area contributed by atoms with E-state index in [0.717, 1.165) is 4.31 Å². The highest BCUT2D eigenvalue weighted by Crippen LogP contribution is 2.09. The lowest BCUT2D eigenvalue weighted by Gasteiger charge is -2.26. The van der Waals surface area contributed by atoms with E-state index in [1.807, 2.05) is 13.8 Å². The monoisotopic (exact) mass is 266 g/mol. The topological polar surface area (TPSA) is 99.2 Å². The molecule has 17 heavy (non-hydrogen) atoms. The summed E-state index contributed by atoms with van der Waals surface area (Å²) in [6, 6.07) is 0. The third kappa shape index (κ3) is 5.33. The lowest BCUT2D eigenvalue weighted by Crippen LogP contribution is -2.43. The summed E-state index contributed by atoms with van der Waals surface area (Å²) in [5, 5.41) is 11.3. The van der Waals surface area contributed by atoms with Gasteiger partial charge in [0.25, 0.3) is 10.2 Å². The predicted molar refractivity (Wildman–Crippen MR) is 67.0 cm³/mol. The van der Waals surface area contributed by atoms with Gasteiger partial charge in [0.1, 0.15) is 5.84 Å². The van der Waals surface area contributed by atoms with Crippen molar-refractivity contribution in [1.29, 1.82) is 0 Å². The molecule has 102 valence electrons. The molecule has 0 unspecified atom stereocenters. The molecule has 0 aliphatic carbocycles. The standard InChI is InChI=1S/C9H22N4O3S/c1-8(2)7-13(6-5-9(10)11-14)17(15,16)12(3)4/h8,14H,5-7H2,1-4H3,(H2,10,11). The molecule has 0 aromatic rings. The Morgan fingerprint density at radius 2 is 1.94 bits per heavy atom. The second-order valence-electron chi connectivity index (χ2n) is 4.38. The van der Waals surface area contributed by atoms with Gasteiger partial charge in [0.2, 0.25) is 0 Å². The smallest absolute Gasteiger partial charge is 0.281 e. The summed E-state index contributed by atoms with van der Waals surface area (Å²) in [5.74, 6) is 0.227. The minimum atomic E-state index is -3.46. The van der Waals surface area contributed by atoms with Gasteiger partial charge in [0, 0.05) is 33.6 Å². The molecule has 0 spiro atoms. The number of oxime groups is 1. The van der Waals surface area contributed by atoms with Crippen LogP contribution in [0.4, 0.5) is 0 Å². The Morgan fingerprint density at radius 3 is 2.29 bits per heavy atom. The molecule has 0 atom stereocenters. The number of amidine groups is 1. The second-order valence-corrected chi connectivity index (χ2v) is 6.53. The van der Waals surface area contributed by atoms with E-state index < -0.39 is 10.2 Å². The lowest BCUT2D eigenvalue weighted by molar-refractivity contribution is 0.313. The average Bonchev–Trinajstić information content (AvgIpc) is 2.22. The van der Waals surface area contributed by atoms with Crippen LogP contribution in [-0.4, -0.2) is 55.3 Å².